The molecule has 2 aromatic carbocycles. The maximum atomic E-state index is 12.6. The van der Waals surface area contributed by atoms with Crippen LogP contribution in [0.2, 0.25) is 0 Å². The summed E-state index contributed by atoms with van der Waals surface area (Å²) in [6.45, 7) is 0.567. The Morgan fingerprint density at radius 2 is 1.70 bits per heavy atom. The van der Waals surface area contributed by atoms with Crippen LogP contribution in [0.15, 0.2) is 45.6 Å². The number of phenolic OH excluding ortho intramolecular Hbond substituents is 3. The van der Waals surface area contributed by atoms with Gasteiger partial charge in [0.2, 0.25) is 0 Å². The number of benzene rings is 2. The van der Waals surface area contributed by atoms with Crippen molar-refractivity contribution in [2.75, 3.05) is 6.61 Å². The van der Waals surface area contributed by atoms with Crippen molar-refractivity contribution < 1.29 is 59.2 Å². The van der Waals surface area contributed by atoms with Crippen LogP contribution < -0.4 is 10.2 Å². The topological polar surface area (TPSA) is 217 Å². The number of hydrogen-bond acceptors (Lipinski definition) is 13. The molecule has 7 N–H and O–H groups in total. The van der Waals surface area contributed by atoms with E-state index in [4.69, 9.17) is 18.6 Å². The van der Waals surface area contributed by atoms with Gasteiger partial charge < -0.3 is 54.4 Å². The molecule has 6 atom stereocenters. The molecule has 2 heterocycles. The summed E-state index contributed by atoms with van der Waals surface area (Å²) >= 11 is 0. The molecule has 0 radical (unpaired) electrons. The van der Waals surface area contributed by atoms with Crippen molar-refractivity contribution in [1.29, 1.82) is 0 Å². The second-order valence-corrected chi connectivity index (χ2v) is 8.39. The number of aliphatic hydroxyl groups excluding tert-OH is 4. The molecule has 1 fully saturated rings. The fourth-order valence-electron chi connectivity index (χ4n) is 3.76. The summed E-state index contributed by atoms with van der Waals surface area (Å²) in [5.74, 6) is -2.62. The van der Waals surface area contributed by atoms with E-state index >= 15 is 0 Å². The van der Waals surface area contributed by atoms with Gasteiger partial charge in [0.1, 0.15) is 52.6 Å². The molecule has 198 valence electrons. The van der Waals surface area contributed by atoms with E-state index in [-0.39, 0.29) is 33.8 Å². The van der Waals surface area contributed by atoms with Crippen LogP contribution in [0.4, 0.5) is 0 Å². The lowest BCUT2D eigenvalue weighted by Crippen LogP contribution is -2.60. The highest BCUT2D eigenvalue weighted by Crippen LogP contribution is 2.34. The van der Waals surface area contributed by atoms with Crippen LogP contribution in [0.1, 0.15) is 6.92 Å². The fourth-order valence-corrected chi connectivity index (χ4v) is 3.76. The van der Waals surface area contributed by atoms with E-state index < -0.39 is 66.3 Å². The maximum Gasteiger partial charge on any atom is 0.340 e. The number of esters is 1. The van der Waals surface area contributed by atoms with Gasteiger partial charge in [-0.2, -0.15) is 0 Å². The molecule has 2 unspecified atom stereocenters. The molecule has 0 saturated carbocycles. The lowest BCUT2D eigenvalue weighted by atomic mass is 9.99. The number of carbonyl (C=O) groups is 1. The number of aliphatic hydroxyl groups is 4. The molecule has 13 heteroatoms. The summed E-state index contributed by atoms with van der Waals surface area (Å²) in [4.78, 5) is 25.2. The van der Waals surface area contributed by atoms with E-state index in [1.807, 2.05) is 0 Å². The number of aromatic hydroxyl groups is 3. The SMILES string of the molecule is CC(O[C@H]1OC(CO)[C@H](O)[C@@H](O)[C@@H]1O)C(=O)Oc1cc(O)c2c(=O)cc(-c3ccc(O)c(O)c3)oc2c1. The van der Waals surface area contributed by atoms with Gasteiger partial charge in [-0.1, -0.05) is 0 Å². The van der Waals surface area contributed by atoms with Crippen molar-refractivity contribution in [3.05, 3.63) is 46.6 Å². The zero-order chi connectivity index (χ0) is 27.0. The summed E-state index contributed by atoms with van der Waals surface area (Å²) < 4.78 is 21.4. The van der Waals surface area contributed by atoms with Gasteiger partial charge >= 0.3 is 5.97 Å². The van der Waals surface area contributed by atoms with E-state index in [1.54, 1.807) is 0 Å². The predicted molar refractivity (Wildman–Crippen MR) is 123 cm³/mol. The van der Waals surface area contributed by atoms with E-state index in [0.29, 0.717) is 0 Å². The maximum absolute atomic E-state index is 12.6. The molecule has 0 spiro atoms. The molecular formula is C24H24O13. The molecule has 0 bridgehead atoms. The van der Waals surface area contributed by atoms with Crippen LogP contribution in [0, 0.1) is 0 Å². The van der Waals surface area contributed by atoms with Crippen LogP contribution in [0.5, 0.6) is 23.0 Å². The first-order valence-electron chi connectivity index (χ1n) is 11.0. The molecule has 1 aliphatic rings. The minimum atomic E-state index is -1.73. The van der Waals surface area contributed by atoms with Gasteiger partial charge in [0.25, 0.3) is 0 Å². The van der Waals surface area contributed by atoms with E-state index in [2.05, 4.69) is 0 Å². The Balaban J connectivity index is 1.56. The summed E-state index contributed by atoms with van der Waals surface area (Å²) in [7, 11) is 0. The number of phenols is 3. The zero-order valence-corrected chi connectivity index (χ0v) is 19.2. The monoisotopic (exact) mass is 520 g/mol. The van der Waals surface area contributed by atoms with Crippen molar-refractivity contribution in [3.63, 3.8) is 0 Å². The summed E-state index contributed by atoms with van der Waals surface area (Å²) in [5, 5.41) is 68.4. The third kappa shape index (κ3) is 5.22. The minimum Gasteiger partial charge on any atom is -0.507 e. The van der Waals surface area contributed by atoms with E-state index in [1.165, 1.54) is 31.2 Å². The normalized spacial score (nSPS) is 24.6. The molecule has 0 aliphatic carbocycles. The zero-order valence-electron chi connectivity index (χ0n) is 19.2. The molecule has 13 nitrogen and oxygen atoms in total. The molecule has 1 aromatic heterocycles. The Labute approximate surface area is 207 Å². The molecule has 1 saturated heterocycles. The molecule has 1 aliphatic heterocycles. The minimum absolute atomic E-state index is 0.00463. The first-order valence-corrected chi connectivity index (χ1v) is 11.0. The van der Waals surface area contributed by atoms with E-state index in [0.717, 1.165) is 12.1 Å². The van der Waals surface area contributed by atoms with Crippen molar-refractivity contribution in [3.8, 4) is 34.3 Å². The lowest BCUT2D eigenvalue weighted by molar-refractivity contribution is -0.308. The van der Waals surface area contributed by atoms with Crippen molar-refractivity contribution in [1.82, 2.24) is 0 Å². The Bertz CT molecular complexity index is 1360. The van der Waals surface area contributed by atoms with Gasteiger partial charge in [0.05, 0.1) is 6.61 Å². The Kier molecular flexibility index (Phi) is 7.36. The van der Waals surface area contributed by atoms with Gasteiger partial charge in [-0.05, 0) is 25.1 Å². The number of hydrogen-bond donors (Lipinski definition) is 7. The lowest BCUT2D eigenvalue weighted by Gasteiger charge is -2.40. The number of rotatable bonds is 6. The Morgan fingerprint density at radius 1 is 0.973 bits per heavy atom. The standard InChI is InChI=1S/C24H24O13/c1-9(34-24-22(32)21(31)20(30)18(8-25)37-24)23(33)35-11-5-14(28)19-15(29)7-16(36-17(19)6-11)10-2-3-12(26)13(27)4-10/h2-7,9,18,20-22,24-28,30-32H,8H2,1H3/t9?,18?,20-,21+,22-,24-/m0/s1. The number of ether oxygens (including phenoxy) is 3. The number of carbonyl (C=O) groups excluding carboxylic acids is 1. The van der Waals surface area contributed by atoms with E-state index in [9.17, 15) is 45.3 Å². The third-order valence-corrected chi connectivity index (χ3v) is 5.78. The Hall–Kier alpha value is -3.72. The second kappa shape index (κ2) is 10.3. The first kappa shape index (κ1) is 26.3. The smallest absolute Gasteiger partial charge is 0.340 e. The van der Waals surface area contributed by atoms with Gasteiger partial charge in [0.15, 0.2) is 29.3 Å². The fraction of sp³-hybridized carbons (Fsp3) is 0.333. The van der Waals surface area contributed by atoms with Gasteiger partial charge in [-0.25, -0.2) is 4.79 Å². The first-order chi connectivity index (χ1) is 17.5. The van der Waals surface area contributed by atoms with Crippen molar-refractivity contribution in [2.45, 2.75) is 43.7 Å². The predicted octanol–water partition coefficient (Wildman–Crippen LogP) is -0.313. The average Bonchev–Trinajstić information content (AvgIpc) is 2.85. The molecule has 4 rings (SSSR count). The van der Waals surface area contributed by atoms with Crippen LogP contribution in [-0.2, 0) is 14.3 Å². The van der Waals surface area contributed by atoms with Crippen LogP contribution >= 0.6 is 0 Å². The second-order valence-electron chi connectivity index (χ2n) is 8.39. The summed E-state index contributed by atoms with van der Waals surface area (Å²) in [6, 6.07) is 7.00. The highest BCUT2D eigenvalue weighted by atomic mass is 16.7. The van der Waals surface area contributed by atoms with Crippen LogP contribution in [0.25, 0.3) is 22.3 Å². The van der Waals surface area contributed by atoms with Crippen molar-refractivity contribution in [2.24, 2.45) is 0 Å². The summed E-state index contributed by atoms with van der Waals surface area (Å²) in [5.41, 5.74) is -0.531. The van der Waals surface area contributed by atoms with Crippen LogP contribution in [-0.4, -0.2) is 85.1 Å². The molecule has 3 aromatic rings. The molecule has 0 amide bonds. The highest BCUT2D eigenvalue weighted by molar-refractivity contribution is 5.87. The van der Waals surface area contributed by atoms with Gasteiger partial charge in [0, 0.05) is 23.8 Å². The van der Waals surface area contributed by atoms with Gasteiger partial charge in [-0.15, -0.1) is 0 Å². The van der Waals surface area contributed by atoms with Crippen molar-refractivity contribution >= 4 is 16.9 Å². The third-order valence-electron chi connectivity index (χ3n) is 5.78. The highest BCUT2D eigenvalue weighted by Gasteiger charge is 2.45. The Morgan fingerprint density at radius 3 is 2.38 bits per heavy atom. The quantitative estimate of drug-likeness (QED) is 0.126. The summed E-state index contributed by atoms with van der Waals surface area (Å²) in [6.07, 6.45) is -9.25. The average molecular weight is 520 g/mol. The molecular weight excluding hydrogens is 496 g/mol. The van der Waals surface area contributed by atoms with Gasteiger partial charge in [-0.3, -0.25) is 4.79 Å². The molecule has 37 heavy (non-hydrogen) atoms. The number of fused-ring (bicyclic) bond motifs is 1. The largest absolute Gasteiger partial charge is 0.507 e. The van der Waals surface area contributed by atoms with Crippen LogP contribution in [0.3, 0.4) is 0 Å².